The Labute approximate surface area is 395 Å². The molecule has 322 valence electrons. The van der Waals surface area contributed by atoms with Crippen molar-refractivity contribution in [2.75, 3.05) is 0 Å². The maximum atomic E-state index is 12.2. The van der Waals surface area contributed by atoms with Crippen LogP contribution in [0.1, 0.15) is 5.56 Å². The Balaban J connectivity index is 1.19. The first-order chi connectivity index (χ1) is 34.7. The van der Waals surface area contributed by atoms with Gasteiger partial charge in [-0.15, -0.1) is 0 Å². The van der Waals surface area contributed by atoms with Gasteiger partial charge in [0.1, 0.15) is 39.6 Å². The van der Waals surface area contributed by atoms with E-state index in [2.05, 4.69) is 128 Å². The van der Waals surface area contributed by atoms with Gasteiger partial charge in [0.05, 0.1) is 78.5 Å². The zero-order chi connectivity index (χ0) is 45.9. The molecule has 0 amide bonds. The topological polar surface area (TPSA) is 82.4 Å². The zero-order valence-corrected chi connectivity index (χ0v) is 36.9. The number of fused-ring (bicyclic) bond motifs is 21. The van der Waals surface area contributed by atoms with Crippen molar-refractivity contribution in [3.63, 3.8) is 0 Å². The van der Waals surface area contributed by atoms with E-state index in [1.54, 1.807) is 0 Å². The number of furan rings is 3. The number of hydrogen-bond donors (Lipinski definition) is 0. The van der Waals surface area contributed by atoms with Crippen LogP contribution >= 0.6 is 0 Å². The molecular formula is C62H31N5O3. The fraction of sp³-hybridized carbons (Fsp3) is 0. The van der Waals surface area contributed by atoms with E-state index < -0.39 is 0 Å². The van der Waals surface area contributed by atoms with Crippen molar-refractivity contribution >= 4 is 137 Å². The Morgan fingerprint density at radius 1 is 0.371 bits per heavy atom. The normalized spacial score (nSPS) is 12.3. The third kappa shape index (κ3) is 4.57. The van der Waals surface area contributed by atoms with Crippen molar-refractivity contribution in [1.29, 1.82) is 5.26 Å². The van der Waals surface area contributed by atoms with Crippen LogP contribution < -0.4 is 0 Å². The zero-order valence-electron chi connectivity index (χ0n) is 36.9. The van der Waals surface area contributed by atoms with Crippen LogP contribution in [0.5, 0.6) is 0 Å². The lowest BCUT2D eigenvalue weighted by atomic mass is 10.0. The molecule has 16 rings (SSSR count). The monoisotopic (exact) mass is 893 g/mol. The van der Waals surface area contributed by atoms with Gasteiger partial charge in [0, 0.05) is 48.5 Å². The predicted molar refractivity (Wildman–Crippen MR) is 282 cm³/mol. The minimum absolute atomic E-state index is 0.319. The first-order valence-electron chi connectivity index (χ1n) is 23.2. The Morgan fingerprint density at radius 2 is 0.729 bits per heavy atom. The molecule has 0 fully saturated rings. The fourth-order valence-electron chi connectivity index (χ4n) is 11.9. The molecule has 0 aliphatic heterocycles. The molecule has 16 aromatic rings. The van der Waals surface area contributed by atoms with E-state index in [0.29, 0.717) is 33.9 Å². The first-order valence-corrected chi connectivity index (χ1v) is 23.2. The number of hydrogen-bond acceptors (Lipinski definition) is 4. The van der Waals surface area contributed by atoms with Crippen LogP contribution in [0.3, 0.4) is 0 Å². The molecule has 8 heteroatoms. The van der Waals surface area contributed by atoms with Crippen LogP contribution in [0.2, 0.25) is 0 Å². The summed E-state index contributed by atoms with van der Waals surface area (Å²) in [5, 5.41) is 23.9. The lowest BCUT2D eigenvalue weighted by Crippen LogP contribution is -2.08. The molecule has 6 heterocycles. The molecule has 0 bridgehead atoms. The molecule has 0 aliphatic carbocycles. The number of nitrogens with zero attached hydrogens (tertiary/aromatic N) is 5. The van der Waals surface area contributed by atoms with Crippen molar-refractivity contribution in [2.45, 2.75) is 0 Å². The second kappa shape index (κ2) is 13.3. The van der Waals surface area contributed by atoms with Gasteiger partial charge in [-0.25, -0.2) is 4.85 Å². The van der Waals surface area contributed by atoms with E-state index >= 15 is 0 Å². The van der Waals surface area contributed by atoms with Crippen molar-refractivity contribution in [3.8, 4) is 23.1 Å². The maximum absolute atomic E-state index is 12.2. The van der Waals surface area contributed by atoms with Gasteiger partial charge < -0.3 is 27.0 Å². The van der Waals surface area contributed by atoms with Gasteiger partial charge in [-0.1, -0.05) is 109 Å². The van der Waals surface area contributed by atoms with Gasteiger partial charge in [-0.3, -0.25) is 0 Å². The summed E-state index contributed by atoms with van der Waals surface area (Å²) < 4.78 is 26.4. The highest BCUT2D eigenvalue weighted by Gasteiger charge is 2.31. The molecule has 8 nitrogen and oxygen atoms in total. The molecule has 0 radical (unpaired) electrons. The molecule has 0 N–H and O–H groups in total. The fourth-order valence-corrected chi connectivity index (χ4v) is 11.9. The van der Waals surface area contributed by atoms with E-state index in [0.717, 1.165) is 126 Å². The van der Waals surface area contributed by atoms with Gasteiger partial charge in [0.15, 0.2) is 0 Å². The average Bonchev–Trinajstić information content (AvgIpc) is 4.26. The quantitative estimate of drug-likeness (QED) is 0.165. The van der Waals surface area contributed by atoms with Gasteiger partial charge in [-0.05, 0) is 78.9 Å². The summed E-state index contributed by atoms with van der Waals surface area (Å²) in [6, 6.07) is 66.7. The van der Waals surface area contributed by atoms with Crippen LogP contribution in [0.25, 0.3) is 153 Å². The van der Waals surface area contributed by atoms with Gasteiger partial charge >= 0.3 is 0 Å². The minimum atomic E-state index is 0.319. The van der Waals surface area contributed by atoms with E-state index in [-0.39, 0.29) is 0 Å². The number of benzene rings is 10. The summed E-state index contributed by atoms with van der Waals surface area (Å²) in [6.45, 7) is 9.48. The Kier molecular flexibility index (Phi) is 7.06. The van der Waals surface area contributed by atoms with Crippen molar-refractivity contribution in [3.05, 3.63) is 205 Å². The molecular weight excluding hydrogens is 863 g/mol. The molecule has 0 spiro atoms. The van der Waals surface area contributed by atoms with E-state index in [4.69, 9.17) is 13.3 Å². The van der Waals surface area contributed by atoms with Crippen LogP contribution in [-0.2, 0) is 0 Å². The molecule has 6 aromatic heterocycles. The molecule has 0 saturated carbocycles. The van der Waals surface area contributed by atoms with Crippen molar-refractivity contribution in [1.82, 2.24) is 13.7 Å². The SMILES string of the molecule is [C-]#[N+]c1c(-n2c3ccccc3c3ccc4oc5ccccc5c4c32)cc(-n2c3ccccc3c3ccc4oc5ccccc5c4c32)c(C#N)c1-n1c2ccccc2c2ccc3oc4ccccc4c3c21. The third-order valence-corrected chi connectivity index (χ3v) is 14.7. The Morgan fingerprint density at radius 3 is 1.14 bits per heavy atom. The highest BCUT2D eigenvalue weighted by molar-refractivity contribution is 6.28. The smallest absolute Gasteiger partial charge is 0.235 e. The Bertz CT molecular complexity index is 4890. The lowest BCUT2D eigenvalue weighted by molar-refractivity contribution is 0.669. The molecule has 70 heavy (non-hydrogen) atoms. The van der Waals surface area contributed by atoms with Crippen LogP contribution in [0.4, 0.5) is 5.69 Å². The maximum Gasteiger partial charge on any atom is 0.235 e. The molecule has 0 aliphatic rings. The van der Waals surface area contributed by atoms with Crippen molar-refractivity contribution in [2.24, 2.45) is 0 Å². The summed E-state index contributed by atoms with van der Waals surface area (Å²) in [7, 11) is 0. The molecule has 0 saturated heterocycles. The van der Waals surface area contributed by atoms with E-state index in [1.165, 1.54) is 0 Å². The van der Waals surface area contributed by atoms with E-state index in [9.17, 15) is 11.8 Å². The number of rotatable bonds is 3. The number of nitriles is 1. The second-order valence-electron chi connectivity index (χ2n) is 18.1. The minimum Gasteiger partial charge on any atom is -0.456 e. The predicted octanol–water partition coefficient (Wildman–Crippen LogP) is 17.1. The Hall–Kier alpha value is -10.0. The summed E-state index contributed by atoms with van der Waals surface area (Å²) in [6.07, 6.45) is 0. The van der Waals surface area contributed by atoms with Gasteiger partial charge in [0.25, 0.3) is 0 Å². The molecule has 0 unspecified atom stereocenters. The van der Waals surface area contributed by atoms with E-state index in [1.807, 2.05) is 84.9 Å². The van der Waals surface area contributed by atoms with Gasteiger partial charge in [0.2, 0.25) is 5.69 Å². The summed E-state index contributed by atoms with van der Waals surface area (Å²) >= 11 is 0. The second-order valence-corrected chi connectivity index (χ2v) is 18.1. The van der Waals surface area contributed by atoms with Crippen molar-refractivity contribution < 1.29 is 13.3 Å². The molecule has 10 aromatic carbocycles. The first kappa shape index (κ1) is 37.1. The summed E-state index contributed by atoms with van der Waals surface area (Å²) in [5.41, 5.74) is 12.2. The highest BCUT2D eigenvalue weighted by Crippen LogP contribution is 2.50. The summed E-state index contributed by atoms with van der Waals surface area (Å²) in [4.78, 5) is 4.59. The van der Waals surface area contributed by atoms with Crippen LogP contribution in [-0.4, -0.2) is 13.7 Å². The van der Waals surface area contributed by atoms with Crippen LogP contribution in [0, 0.1) is 17.9 Å². The molecule has 0 atom stereocenters. The number of aromatic nitrogens is 3. The van der Waals surface area contributed by atoms with Gasteiger partial charge in [-0.2, -0.15) is 5.26 Å². The highest BCUT2D eigenvalue weighted by atomic mass is 16.3. The standard InChI is InChI=1S/C62H31N5O3/c1-64-58-48(66-45-21-9-3-15-35(45)38-27-30-53-56(60(38)66)41-18-6-12-24-50(41)69-53)32-47(65-44-20-8-2-14-34(44)37-26-29-52-55(59(37)65)40-17-5-11-23-49(40)68-52)43(33-63)62(58)67-46-22-10-4-16-36(46)39-28-31-54-57(61(39)67)42-19-7-13-25-51(42)70-54/h2-32H. The lowest BCUT2D eigenvalue weighted by Gasteiger charge is -2.22. The number of para-hydroxylation sites is 6. The summed E-state index contributed by atoms with van der Waals surface area (Å²) in [5.74, 6) is 0. The third-order valence-electron chi connectivity index (χ3n) is 14.7. The average molecular weight is 894 g/mol. The van der Waals surface area contributed by atoms with Crippen LogP contribution in [0.15, 0.2) is 201 Å². The largest absolute Gasteiger partial charge is 0.456 e.